The molecule has 1 aromatic rings. The molecule has 1 aromatic carbocycles. The molecule has 2 radical (unpaired) electrons. The number of rotatable bonds is 1. The summed E-state index contributed by atoms with van der Waals surface area (Å²) in [6.07, 6.45) is 0. The van der Waals surface area contributed by atoms with Crippen LogP contribution in [0.3, 0.4) is 0 Å². The Labute approximate surface area is 75.1 Å². The zero-order valence-electron chi connectivity index (χ0n) is 5.96. The van der Waals surface area contributed by atoms with Gasteiger partial charge in [-0.1, -0.05) is 28.3 Å². The quantitative estimate of drug-likeness (QED) is 0.299. The second-order valence-corrected chi connectivity index (χ2v) is 2.49. The van der Waals surface area contributed by atoms with E-state index in [1.165, 1.54) is 12.1 Å². The van der Waals surface area contributed by atoms with Gasteiger partial charge in [0.05, 0.1) is 5.56 Å². The van der Waals surface area contributed by atoms with Crippen LogP contribution in [0, 0.1) is 5.82 Å². The molecule has 1 rings (SSSR count). The number of nitrogens with zero attached hydrogens (tertiary/aromatic N) is 1. The van der Waals surface area contributed by atoms with Gasteiger partial charge in [0.15, 0.2) is 5.17 Å². The first-order chi connectivity index (χ1) is 5.65. The molecule has 0 unspecified atom stereocenters. The van der Waals surface area contributed by atoms with E-state index in [-0.39, 0.29) is 10.7 Å². The Morgan fingerprint density at radius 1 is 1.58 bits per heavy atom. The third kappa shape index (κ3) is 1.77. The van der Waals surface area contributed by atoms with E-state index >= 15 is 0 Å². The lowest BCUT2D eigenvalue weighted by Crippen LogP contribution is -2.06. The maximum absolute atomic E-state index is 12.9. The standard InChI is InChI=1S/C7H4BClFNO/c8-4-1-2-5(6(10)3-4)7(9)11-12/h1-3,12H/b11-7+. The minimum atomic E-state index is -0.613. The molecule has 0 saturated carbocycles. The molecule has 0 aliphatic heterocycles. The zero-order chi connectivity index (χ0) is 9.14. The SMILES string of the molecule is [B]c1ccc(/C(Cl)=N\O)c(F)c1. The average Bonchev–Trinajstić information content (AvgIpc) is 2.03. The van der Waals surface area contributed by atoms with Crippen molar-refractivity contribution >= 4 is 30.1 Å². The van der Waals surface area contributed by atoms with Crippen LogP contribution in [0.2, 0.25) is 0 Å². The molecule has 0 heterocycles. The van der Waals surface area contributed by atoms with Crippen molar-refractivity contribution in [2.45, 2.75) is 0 Å². The maximum Gasteiger partial charge on any atom is 0.178 e. The van der Waals surface area contributed by atoms with E-state index in [9.17, 15) is 4.39 Å². The van der Waals surface area contributed by atoms with Gasteiger partial charge < -0.3 is 5.21 Å². The fraction of sp³-hybridized carbons (Fsp3) is 0. The Morgan fingerprint density at radius 2 is 2.25 bits per heavy atom. The molecule has 0 atom stereocenters. The third-order valence-electron chi connectivity index (χ3n) is 1.30. The first-order valence-electron chi connectivity index (χ1n) is 3.08. The molecule has 2 nitrogen and oxygen atoms in total. The topological polar surface area (TPSA) is 32.6 Å². The lowest BCUT2D eigenvalue weighted by atomic mass is 9.95. The second kappa shape index (κ2) is 3.58. The number of hydrogen-bond donors (Lipinski definition) is 1. The summed E-state index contributed by atoms with van der Waals surface area (Å²) in [6, 6.07) is 3.90. The largest absolute Gasteiger partial charge is 0.410 e. The second-order valence-electron chi connectivity index (χ2n) is 2.13. The van der Waals surface area contributed by atoms with Crippen molar-refractivity contribution in [1.82, 2.24) is 0 Å². The zero-order valence-corrected chi connectivity index (χ0v) is 6.72. The van der Waals surface area contributed by atoms with Crippen LogP contribution in [-0.4, -0.2) is 18.2 Å². The van der Waals surface area contributed by atoms with Crippen LogP contribution >= 0.6 is 11.6 Å². The summed E-state index contributed by atoms with van der Waals surface area (Å²) in [5, 5.41) is 10.6. The van der Waals surface area contributed by atoms with Gasteiger partial charge in [0.2, 0.25) is 0 Å². The molecule has 0 amide bonds. The van der Waals surface area contributed by atoms with Gasteiger partial charge in [-0.2, -0.15) is 0 Å². The Hall–Kier alpha value is -1.03. The molecule has 0 aromatic heterocycles. The fourth-order valence-corrected chi connectivity index (χ4v) is 0.906. The molecule has 0 aliphatic rings. The van der Waals surface area contributed by atoms with E-state index in [1.807, 2.05) is 0 Å². The van der Waals surface area contributed by atoms with E-state index < -0.39 is 5.82 Å². The summed E-state index contributed by atoms with van der Waals surface area (Å²) in [6.45, 7) is 0. The molecular formula is C7H4BClFNO. The first kappa shape index (κ1) is 9.07. The van der Waals surface area contributed by atoms with E-state index in [1.54, 1.807) is 0 Å². The number of benzene rings is 1. The van der Waals surface area contributed by atoms with Crippen molar-refractivity contribution in [3.63, 3.8) is 0 Å². The highest BCUT2D eigenvalue weighted by Crippen LogP contribution is 2.08. The Balaban J connectivity index is 3.18. The van der Waals surface area contributed by atoms with Crippen LogP contribution in [0.25, 0.3) is 0 Å². The minimum absolute atomic E-state index is 0.0216. The molecule has 0 spiro atoms. The van der Waals surface area contributed by atoms with Gasteiger partial charge in [-0.3, -0.25) is 0 Å². The predicted molar refractivity (Wildman–Crippen MR) is 46.0 cm³/mol. The van der Waals surface area contributed by atoms with Crippen molar-refractivity contribution in [2.75, 3.05) is 0 Å². The number of oxime groups is 1. The van der Waals surface area contributed by atoms with Crippen LogP contribution in [0.5, 0.6) is 0 Å². The van der Waals surface area contributed by atoms with Gasteiger partial charge in [0, 0.05) is 0 Å². The summed E-state index contributed by atoms with van der Waals surface area (Å²) in [4.78, 5) is 0. The van der Waals surface area contributed by atoms with Gasteiger partial charge in [-0.05, 0) is 12.1 Å². The first-order valence-corrected chi connectivity index (χ1v) is 3.46. The Kier molecular flexibility index (Phi) is 2.71. The molecule has 0 fully saturated rings. The molecule has 0 saturated heterocycles. The normalized spacial score (nSPS) is 11.7. The molecule has 5 heteroatoms. The van der Waals surface area contributed by atoms with Crippen LogP contribution in [-0.2, 0) is 0 Å². The van der Waals surface area contributed by atoms with Crippen LogP contribution in [0.1, 0.15) is 5.56 Å². The van der Waals surface area contributed by atoms with Crippen molar-refractivity contribution in [1.29, 1.82) is 0 Å². The van der Waals surface area contributed by atoms with Gasteiger partial charge >= 0.3 is 0 Å². The lowest BCUT2D eigenvalue weighted by molar-refractivity contribution is 0.320. The maximum atomic E-state index is 12.9. The molecule has 60 valence electrons. The Morgan fingerprint density at radius 3 is 2.75 bits per heavy atom. The van der Waals surface area contributed by atoms with E-state index in [4.69, 9.17) is 24.7 Å². The highest BCUT2D eigenvalue weighted by molar-refractivity contribution is 6.69. The van der Waals surface area contributed by atoms with E-state index in [2.05, 4.69) is 5.16 Å². The average molecular weight is 183 g/mol. The molecule has 0 aliphatic carbocycles. The third-order valence-corrected chi connectivity index (χ3v) is 1.58. The van der Waals surface area contributed by atoms with Gasteiger partial charge in [-0.15, -0.1) is 0 Å². The molecule has 0 bridgehead atoms. The lowest BCUT2D eigenvalue weighted by Gasteiger charge is -1.99. The summed E-state index contributed by atoms with van der Waals surface area (Å²) in [7, 11) is 5.28. The Bertz CT molecular complexity index is 329. The summed E-state index contributed by atoms with van der Waals surface area (Å²) in [5.41, 5.74) is 0.312. The molecule has 1 N–H and O–H groups in total. The fourth-order valence-electron chi connectivity index (χ4n) is 0.753. The van der Waals surface area contributed by atoms with Crippen molar-refractivity contribution in [3.05, 3.63) is 29.6 Å². The van der Waals surface area contributed by atoms with Crippen molar-refractivity contribution in [3.8, 4) is 0 Å². The predicted octanol–water partition coefficient (Wildman–Crippen LogP) is 0.994. The van der Waals surface area contributed by atoms with Gasteiger partial charge in [0.25, 0.3) is 0 Å². The smallest absolute Gasteiger partial charge is 0.178 e. The van der Waals surface area contributed by atoms with Crippen molar-refractivity contribution < 1.29 is 9.60 Å². The highest BCUT2D eigenvalue weighted by Gasteiger charge is 2.06. The van der Waals surface area contributed by atoms with Crippen LogP contribution in [0.4, 0.5) is 4.39 Å². The molecular weight excluding hydrogens is 179 g/mol. The summed E-state index contributed by atoms with van der Waals surface area (Å²) < 4.78 is 12.9. The van der Waals surface area contributed by atoms with E-state index in [0.29, 0.717) is 5.46 Å². The highest BCUT2D eigenvalue weighted by atomic mass is 35.5. The molecule has 12 heavy (non-hydrogen) atoms. The van der Waals surface area contributed by atoms with E-state index in [0.717, 1.165) is 6.07 Å². The number of hydrogen-bond acceptors (Lipinski definition) is 2. The van der Waals surface area contributed by atoms with Gasteiger partial charge in [0.1, 0.15) is 13.7 Å². The van der Waals surface area contributed by atoms with Crippen LogP contribution in [0.15, 0.2) is 23.4 Å². The monoisotopic (exact) mass is 183 g/mol. The number of halogens is 2. The minimum Gasteiger partial charge on any atom is -0.410 e. The van der Waals surface area contributed by atoms with Gasteiger partial charge in [-0.25, -0.2) is 4.39 Å². The summed E-state index contributed by atoms with van der Waals surface area (Å²) in [5.74, 6) is -0.613. The van der Waals surface area contributed by atoms with Crippen LogP contribution < -0.4 is 5.46 Å². The summed E-state index contributed by atoms with van der Waals surface area (Å²) >= 11 is 5.37. The van der Waals surface area contributed by atoms with Crippen molar-refractivity contribution in [2.24, 2.45) is 5.16 Å².